The summed E-state index contributed by atoms with van der Waals surface area (Å²) in [5.74, 6) is -2.10. The van der Waals surface area contributed by atoms with Crippen molar-refractivity contribution < 1.29 is 36.7 Å². The summed E-state index contributed by atoms with van der Waals surface area (Å²) in [6.45, 7) is 5.09. The maximum Gasteiger partial charge on any atom is 0.416 e. The molecule has 0 saturated carbocycles. The molecule has 0 aromatic carbocycles. The number of primary amides is 1. The van der Waals surface area contributed by atoms with Crippen molar-refractivity contribution in [3.63, 3.8) is 0 Å². The van der Waals surface area contributed by atoms with Crippen LogP contribution >= 0.6 is 0 Å². The third-order valence-electron chi connectivity index (χ3n) is 4.52. The van der Waals surface area contributed by atoms with Crippen LogP contribution in [-0.2, 0) is 11.3 Å². The number of hydrogen-bond acceptors (Lipinski definition) is 8. The number of carbonyl (C=O) groups excluding carboxylic acids is 3. The number of nitrogens with one attached hydrogen (secondary N) is 1. The lowest BCUT2D eigenvalue weighted by molar-refractivity contribution is -0.119. The molecule has 3 N–H and O–H groups in total. The van der Waals surface area contributed by atoms with Gasteiger partial charge < -0.3 is 20.2 Å². The highest BCUT2D eigenvalue weighted by Crippen LogP contribution is 2.27. The largest absolute Gasteiger partial charge is 0.444 e. The molecular formula is C22H24F3N7O5. The quantitative estimate of drug-likeness (QED) is 0.475. The Morgan fingerprint density at radius 3 is 2.54 bits per heavy atom. The summed E-state index contributed by atoms with van der Waals surface area (Å²) in [6.07, 6.45) is -2.40. The van der Waals surface area contributed by atoms with E-state index >= 15 is 0 Å². The lowest BCUT2D eigenvalue weighted by Gasteiger charge is -2.27. The molecule has 15 heteroatoms. The molecule has 0 saturated heterocycles. The van der Waals surface area contributed by atoms with Crippen molar-refractivity contribution in [2.24, 2.45) is 5.73 Å². The fraction of sp³-hybridized carbons (Fsp3) is 0.364. The van der Waals surface area contributed by atoms with Crippen LogP contribution in [0.1, 0.15) is 48.7 Å². The van der Waals surface area contributed by atoms with Gasteiger partial charge in [0.05, 0.1) is 5.69 Å². The van der Waals surface area contributed by atoms with Crippen LogP contribution in [0.4, 0.5) is 29.5 Å². The molecule has 198 valence electrons. The van der Waals surface area contributed by atoms with Crippen LogP contribution in [0.5, 0.6) is 0 Å². The Morgan fingerprint density at radius 1 is 1.24 bits per heavy atom. The normalized spacial score (nSPS) is 11.8. The van der Waals surface area contributed by atoms with Crippen molar-refractivity contribution in [3.8, 4) is 11.5 Å². The van der Waals surface area contributed by atoms with Crippen LogP contribution in [0.25, 0.3) is 11.5 Å². The number of alkyl halides is 3. The Labute approximate surface area is 208 Å². The summed E-state index contributed by atoms with van der Waals surface area (Å²) in [4.78, 5) is 45.0. The average Bonchev–Trinajstić information content (AvgIpc) is 3.43. The third-order valence-corrected chi connectivity index (χ3v) is 4.52. The number of carbonyl (C=O) groups is 3. The predicted molar refractivity (Wildman–Crippen MR) is 124 cm³/mol. The van der Waals surface area contributed by atoms with Crippen LogP contribution in [-0.4, -0.2) is 56.0 Å². The van der Waals surface area contributed by atoms with E-state index in [0.29, 0.717) is 11.4 Å². The second-order valence-electron chi connectivity index (χ2n) is 8.69. The number of anilines is 2. The number of pyridine rings is 1. The molecule has 3 heterocycles. The van der Waals surface area contributed by atoms with Gasteiger partial charge in [0, 0.05) is 24.5 Å². The molecule has 0 unspecified atom stereocenters. The number of aryl methyl sites for hydroxylation is 1. The lowest BCUT2D eigenvalue weighted by atomic mass is 10.2. The summed E-state index contributed by atoms with van der Waals surface area (Å²) in [7, 11) is 0. The monoisotopic (exact) mass is 523 g/mol. The Kier molecular flexibility index (Phi) is 7.55. The number of oxazole rings is 1. The first kappa shape index (κ1) is 27.2. The van der Waals surface area contributed by atoms with E-state index in [2.05, 4.69) is 20.4 Å². The standard InChI is InChI=1S/C22H24F3N7O5/c1-5-31-9-13(16(30-31)17(26)33)28-18(34)14-10-36-19(29-14)12-6-7-27-15(8-12)32(11-22(23,24)25)20(35)37-21(2,3)4/h6-10H,5,11H2,1-4H3,(H2,26,33)(H,28,34). The maximum atomic E-state index is 13.2. The van der Waals surface area contributed by atoms with Gasteiger partial charge in [0.2, 0.25) is 5.89 Å². The van der Waals surface area contributed by atoms with Gasteiger partial charge in [-0.3, -0.25) is 19.2 Å². The van der Waals surface area contributed by atoms with Gasteiger partial charge in [0.25, 0.3) is 11.8 Å². The lowest BCUT2D eigenvalue weighted by Crippen LogP contribution is -2.42. The zero-order valence-corrected chi connectivity index (χ0v) is 20.3. The number of nitrogens with two attached hydrogens (primary N) is 1. The van der Waals surface area contributed by atoms with Gasteiger partial charge in [-0.25, -0.2) is 14.8 Å². The van der Waals surface area contributed by atoms with Crippen LogP contribution in [0.15, 0.2) is 35.2 Å². The fourth-order valence-corrected chi connectivity index (χ4v) is 2.99. The van der Waals surface area contributed by atoms with Crippen LogP contribution < -0.4 is 16.0 Å². The second-order valence-corrected chi connectivity index (χ2v) is 8.69. The van der Waals surface area contributed by atoms with Crippen molar-refractivity contribution in [1.82, 2.24) is 19.7 Å². The fourth-order valence-electron chi connectivity index (χ4n) is 2.99. The highest BCUT2D eigenvalue weighted by atomic mass is 19.4. The van der Waals surface area contributed by atoms with E-state index in [9.17, 15) is 27.6 Å². The van der Waals surface area contributed by atoms with E-state index in [1.165, 1.54) is 37.7 Å². The topological polar surface area (TPSA) is 158 Å². The molecule has 3 rings (SSSR count). The van der Waals surface area contributed by atoms with Crippen molar-refractivity contribution in [1.29, 1.82) is 0 Å². The molecule has 0 bridgehead atoms. The molecule has 3 aromatic heterocycles. The van der Waals surface area contributed by atoms with Gasteiger partial charge >= 0.3 is 12.3 Å². The van der Waals surface area contributed by atoms with Crippen molar-refractivity contribution in [2.75, 3.05) is 16.8 Å². The number of amides is 3. The van der Waals surface area contributed by atoms with Crippen LogP contribution in [0.2, 0.25) is 0 Å². The van der Waals surface area contributed by atoms with Crippen molar-refractivity contribution >= 4 is 29.4 Å². The SMILES string of the molecule is CCn1cc(NC(=O)c2coc(-c3ccnc(N(CC(F)(F)F)C(=O)OC(C)(C)C)c3)n2)c(C(N)=O)n1. The summed E-state index contributed by atoms with van der Waals surface area (Å²) in [5, 5.41) is 6.44. The molecule has 0 aliphatic carbocycles. The molecule has 3 amide bonds. The molecule has 3 aromatic rings. The number of aromatic nitrogens is 4. The summed E-state index contributed by atoms with van der Waals surface area (Å²) in [6, 6.07) is 2.51. The number of ether oxygens (including phenoxy) is 1. The smallest absolute Gasteiger partial charge is 0.416 e. The van der Waals surface area contributed by atoms with Crippen molar-refractivity contribution in [2.45, 2.75) is 46.0 Å². The predicted octanol–water partition coefficient (Wildman–Crippen LogP) is 3.61. The summed E-state index contributed by atoms with van der Waals surface area (Å²) >= 11 is 0. The van der Waals surface area contributed by atoms with Crippen LogP contribution in [0.3, 0.4) is 0 Å². The molecule has 0 aliphatic heterocycles. The van der Waals surface area contributed by atoms with Crippen molar-refractivity contribution in [3.05, 3.63) is 42.2 Å². The van der Waals surface area contributed by atoms with Gasteiger partial charge in [0.1, 0.15) is 24.2 Å². The van der Waals surface area contributed by atoms with Gasteiger partial charge in [0.15, 0.2) is 11.4 Å². The molecule has 0 spiro atoms. The molecule has 0 atom stereocenters. The summed E-state index contributed by atoms with van der Waals surface area (Å²) < 4.78 is 51.4. The van der Waals surface area contributed by atoms with E-state index in [-0.39, 0.29) is 34.3 Å². The molecular weight excluding hydrogens is 499 g/mol. The Balaban J connectivity index is 1.87. The van der Waals surface area contributed by atoms with E-state index in [4.69, 9.17) is 14.9 Å². The first-order valence-corrected chi connectivity index (χ1v) is 10.8. The van der Waals surface area contributed by atoms with E-state index in [1.807, 2.05) is 0 Å². The Hall–Kier alpha value is -4.43. The maximum absolute atomic E-state index is 13.2. The van der Waals surface area contributed by atoms with E-state index < -0.39 is 36.2 Å². The molecule has 0 fully saturated rings. The second kappa shape index (κ2) is 10.3. The Bertz CT molecular complexity index is 1310. The zero-order chi connectivity index (χ0) is 27.5. The number of hydrogen-bond donors (Lipinski definition) is 2. The number of halogens is 3. The Morgan fingerprint density at radius 2 is 1.95 bits per heavy atom. The molecule has 12 nitrogen and oxygen atoms in total. The number of nitrogens with zero attached hydrogens (tertiary/aromatic N) is 5. The molecule has 0 radical (unpaired) electrons. The average molecular weight is 523 g/mol. The minimum Gasteiger partial charge on any atom is -0.444 e. The molecule has 0 aliphatic rings. The first-order chi connectivity index (χ1) is 17.2. The minimum atomic E-state index is -4.74. The number of rotatable bonds is 7. The highest BCUT2D eigenvalue weighted by Gasteiger charge is 2.36. The summed E-state index contributed by atoms with van der Waals surface area (Å²) in [5.41, 5.74) is 4.10. The van der Waals surface area contributed by atoms with Gasteiger partial charge in [-0.1, -0.05) is 0 Å². The van der Waals surface area contributed by atoms with Gasteiger partial charge in [-0.2, -0.15) is 18.3 Å². The third kappa shape index (κ3) is 7.05. The molecule has 37 heavy (non-hydrogen) atoms. The minimum absolute atomic E-state index is 0.0650. The zero-order valence-electron chi connectivity index (χ0n) is 20.3. The van der Waals surface area contributed by atoms with E-state index in [1.54, 1.807) is 6.92 Å². The van der Waals surface area contributed by atoms with Gasteiger partial charge in [-0.15, -0.1) is 0 Å². The van der Waals surface area contributed by atoms with Crippen LogP contribution in [0, 0.1) is 0 Å². The first-order valence-electron chi connectivity index (χ1n) is 10.8. The highest BCUT2D eigenvalue weighted by molar-refractivity contribution is 6.07. The van der Waals surface area contributed by atoms with E-state index in [0.717, 1.165) is 18.5 Å². The van der Waals surface area contributed by atoms with Gasteiger partial charge in [-0.05, 0) is 39.8 Å².